The number of rotatable bonds is 3. The summed E-state index contributed by atoms with van der Waals surface area (Å²) in [5.74, 6) is 0. The van der Waals surface area contributed by atoms with Crippen molar-refractivity contribution < 1.29 is 8.42 Å². The second-order valence-electron chi connectivity index (χ2n) is 6.85. The molecule has 1 N–H and O–H groups in total. The van der Waals surface area contributed by atoms with Gasteiger partial charge in [-0.2, -0.15) is 0 Å². The Morgan fingerprint density at radius 2 is 1.83 bits per heavy atom. The Morgan fingerprint density at radius 1 is 1.03 bits per heavy atom. The molecule has 5 nitrogen and oxygen atoms in total. The number of benzene rings is 2. The normalized spacial score (nSPS) is 12.1. The van der Waals surface area contributed by atoms with E-state index in [1.54, 1.807) is 36.5 Å². The van der Waals surface area contributed by atoms with Crippen LogP contribution in [0.4, 0.5) is 0 Å². The lowest BCUT2D eigenvalue weighted by atomic mass is 10.0. The van der Waals surface area contributed by atoms with E-state index in [0.717, 1.165) is 31.9 Å². The van der Waals surface area contributed by atoms with E-state index in [1.165, 1.54) is 3.97 Å². The molecule has 29 heavy (non-hydrogen) atoms. The van der Waals surface area contributed by atoms with E-state index < -0.39 is 10.0 Å². The van der Waals surface area contributed by atoms with Gasteiger partial charge in [-0.05, 0) is 70.2 Å². The number of H-pyrrole nitrogens is 1. The number of nitrogens with zero attached hydrogens (tertiary/aromatic N) is 2. The van der Waals surface area contributed by atoms with Gasteiger partial charge in [-0.25, -0.2) is 17.4 Å². The van der Waals surface area contributed by atoms with Crippen LogP contribution in [0.15, 0.2) is 82.4 Å². The minimum absolute atomic E-state index is 0.234. The van der Waals surface area contributed by atoms with Crippen LogP contribution in [0.5, 0.6) is 0 Å². The highest BCUT2D eigenvalue weighted by molar-refractivity contribution is 9.10. The van der Waals surface area contributed by atoms with E-state index >= 15 is 0 Å². The molecule has 0 bridgehead atoms. The van der Waals surface area contributed by atoms with Gasteiger partial charge in [0.2, 0.25) is 0 Å². The maximum atomic E-state index is 13.5. The first kappa shape index (κ1) is 18.1. The van der Waals surface area contributed by atoms with Crippen molar-refractivity contribution in [2.24, 2.45) is 0 Å². The van der Waals surface area contributed by atoms with E-state index in [-0.39, 0.29) is 4.90 Å². The lowest BCUT2D eigenvalue weighted by molar-refractivity contribution is 0.587. The molecule has 0 atom stereocenters. The molecule has 0 unspecified atom stereocenters. The zero-order valence-corrected chi connectivity index (χ0v) is 17.8. The van der Waals surface area contributed by atoms with E-state index in [0.29, 0.717) is 11.3 Å². The average Bonchev–Trinajstić information content (AvgIpc) is 3.29. The molecule has 7 heteroatoms. The zero-order valence-electron chi connectivity index (χ0n) is 15.4. The Balaban J connectivity index is 1.86. The van der Waals surface area contributed by atoms with Crippen LogP contribution in [0, 0.1) is 6.92 Å². The highest BCUT2D eigenvalue weighted by Crippen LogP contribution is 2.38. The molecule has 0 aliphatic carbocycles. The van der Waals surface area contributed by atoms with Crippen molar-refractivity contribution >= 4 is 47.9 Å². The maximum Gasteiger partial charge on any atom is 0.269 e. The van der Waals surface area contributed by atoms with Crippen LogP contribution < -0.4 is 0 Å². The van der Waals surface area contributed by atoms with Gasteiger partial charge < -0.3 is 4.98 Å². The summed E-state index contributed by atoms with van der Waals surface area (Å²) < 4.78 is 29.1. The number of hydrogen-bond acceptors (Lipinski definition) is 3. The Morgan fingerprint density at radius 3 is 2.62 bits per heavy atom. The fraction of sp³-hybridized carbons (Fsp3) is 0.0455. The summed E-state index contributed by atoms with van der Waals surface area (Å²) in [5, 5.41) is 1.85. The Kier molecular flexibility index (Phi) is 4.11. The molecule has 2 aromatic carbocycles. The molecular weight excluding hydrogens is 450 g/mol. The van der Waals surface area contributed by atoms with Crippen molar-refractivity contribution in [1.29, 1.82) is 0 Å². The van der Waals surface area contributed by atoms with Gasteiger partial charge in [-0.15, -0.1) is 0 Å². The second-order valence-corrected chi connectivity index (χ2v) is 9.55. The molecule has 0 fully saturated rings. The van der Waals surface area contributed by atoms with Crippen molar-refractivity contribution in [3.05, 3.63) is 83.2 Å². The SMILES string of the molecule is Cc1c(-c2ccc3[nH]ccc3c2)c2cc(Br)cnc2n1S(=O)(=O)c1ccccc1. The number of hydrogen-bond donors (Lipinski definition) is 1. The van der Waals surface area contributed by atoms with Gasteiger partial charge in [0, 0.05) is 39.0 Å². The molecule has 3 aromatic heterocycles. The van der Waals surface area contributed by atoms with Crippen molar-refractivity contribution in [2.75, 3.05) is 0 Å². The second kappa shape index (κ2) is 6.57. The third kappa shape index (κ3) is 2.81. The molecule has 0 saturated carbocycles. The monoisotopic (exact) mass is 465 g/mol. The average molecular weight is 466 g/mol. The van der Waals surface area contributed by atoms with Crippen LogP contribution in [0.25, 0.3) is 33.1 Å². The maximum absolute atomic E-state index is 13.5. The number of nitrogens with one attached hydrogen (secondary N) is 1. The predicted molar refractivity (Wildman–Crippen MR) is 118 cm³/mol. The molecule has 144 valence electrons. The van der Waals surface area contributed by atoms with Crippen LogP contribution in [0.2, 0.25) is 0 Å². The highest BCUT2D eigenvalue weighted by atomic mass is 79.9. The van der Waals surface area contributed by atoms with Gasteiger partial charge in [0.15, 0.2) is 5.65 Å². The molecule has 0 saturated heterocycles. The van der Waals surface area contributed by atoms with E-state index in [1.807, 2.05) is 37.4 Å². The largest absolute Gasteiger partial charge is 0.361 e. The smallest absolute Gasteiger partial charge is 0.269 e. The van der Waals surface area contributed by atoms with Crippen LogP contribution in [-0.4, -0.2) is 22.4 Å². The van der Waals surface area contributed by atoms with E-state index in [4.69, 9.17) is 0 Å². The molecule has 3 heterocycles. The first-order valence-electron chi connectivity index (χ1n) is 9.01. The van der Waals surface area contributed by atoms with Crippen LogP contribution in [0.3, 0.4) is 0 Å². The van der Waals surface area contributed by atoms with Crippen molar-refractivity contribution in [3.63, 3.8) is 0 Å². The van der Waals surface area contributed by atoms with Crippen LogP contribution in [-0.2, 0) is 10.0 Å². The number of aromatic amines is 1. The summed E-state index contributed by atoms with van der Waals surface area (Å²) in [6.07, 6.45) is 3.51. The van der Waals surface area contributed by atoms with Crippen LogP contribution >= 0.6 is 15.9 Å². The molecular formula is C22H16BrN3O2S. The Bertz CT molecular complexity index is 1490. The van der Waals surface area contributed by atoms with E-state index in [9.17, 15) is 8.42 Å². The molecule has 5 aromatic rings. The van der Waals surface area contributed by atoms with Gasteiger partial charge in [0.1, 0.15) is 0 Å². The van der Waals surface area contributed by atoms with Crippen molar-refractivity contribution in [3.8, 4) is 11.1 Å². The number of fused-ring (bicyclic) bond motifs is 2. The van der Waals surface area contributed by atoms with Gasteiger partial charge in [-0.3, -0.25) is 0 Å². The fourth-order valence-electron chi connectivity index (χ4n) is 3.80. The van der Waals surface area contributed by atoms with Gasteiger partial charge in [0.05, 0.1) is 4.90 Å². The lowest BCUT2D eigenvalue weighted by Crippen LogP contribution is -2.14. The Hall–Kier alpha value is -2.90. The minimum atomic E-state index is -3.80. The Labute approximate surface area is 176 Å². The number of halogens is 1. The summed E-state index contributed by atoms with van der Waals surface area (Å²) in [7, 11) is -3.80. The van der Waals surface area contributed by atoms with Gasteiger partial charge >= 0.3 is 0 Å². The zero-order chi connectivity index (χ0) is 20.2. The number of pyridine rings is 1. The summed E-state index contributed by atoms with van der Waals surface area (Å²) in [6, 6.07) is 18.4. The van der Waals surface area contributed by atoms with Gasteiger partial charge in [0.25, 0.3) is 10.0 Å². The first-order valence-corrected chi connectivity index (χ1v) is 11.2. The highest BCUT2D eigenvalue weighted by Gasteiger charge is 2.26. The summed E-state index contributed by atoms with van der Waals surface area (Å²) in [6.45, 7) is 1.83. The summed E-state index contributed by atoms with van der Waals surface area (Å²) in [5.41, 5.74) is 3.88. The molecule has 0 aliphatic heterocycles. The van der Waals surface area contributed by atoms with Crippen molar-refractivity contribution in [1.82, 2.24) is 13.9 Å². The summed E-state index contributed by atoms with van der Waals surface area (Å²) >= 11 is 3.48. The molecule has 0 amide bonds. The lowest BCUT2D eigenvalue weighted by Gasteiger charge is -2.10. The van der Waals surface area contributed by atoms with Gasteiger partial charge in [-0.1, -0.05) is 24.3 Å². The standard InChI is InChI=1S/C22H16BrN3O2S/c1-14-21(16-7-8-20-15(11-16)9-10-24-20)19-12-17(23)13-25-22(19)26(14)29(27,28)18-5-3-2-4-6-18/h2-13,24H,1H3. The number of aromatic nitrogens is 3. The third-order valence-electron chi connectivity index (χ3n) is 5.08. The minimum Gasteiger partial charge on any atom is -0.361 e. The van der Waals surface area contributed by atoms with E-state index in [2.05, 4.69) is 32.0 Å². The van der Waals surface area contributed by atoms with Crippen LogP contribution in [0.1, 0.15) is 5.69 Å². The third-order valence-corrected chi connectivity index (χ3v) is 7.31. The molecule has 0 radical (unpaired) electrons. The first-order chi connectivity index (χ1) is 14.0. The quantitative estimate of drug-likeness (QED) is 0.382. The molecule has 0 spiro atoms. The summed E-state index contributed by atoms with van der Waals surface area (Å²) in [4.78, 5) is 7.89. The van der Waals surface area contributed by atoms with Crippen molar-refractivity contribution in [2.45, 2.75) is 11.8 Å². The topological polar surface area (TPSA) is 67.8 Å². The fourth-order valence-corrected chi connectivity index (χ4v) is 5.67. The predicted octanol–water partition coefficient (Wildman–Crippen LogP) is 5.49. The molecule has 5 rings (SSSR count). The molecule has 0 aliphatic rings.